The van der Waals surface area contributed by atoms with Crippen molar-refractivity contribution in [1.82, 2.24) is 9.88 Å². The molecule has 4 rings (SSSR count). The van der Waals surface area contributed by atoms with Gasteiger partial charge in [-0.05, 0) is 31.4 Å². The minimum Gasteiger partial charge on any atom is -0.334 e. The summed E-state index contributed by atoms with van der Waals surface area (Å²) in [6, 6.07) is 19.9. The summed E-state index contributed by atoms with van der Waals surface area (Å²) in [6.07, 6.45) is 3.16. The molecule has 1 aliphatic heterocycles. The van der Waals surface area contributed by atoms with Gasteiger partial charge in [-0.2, -0.15) is 0 Å². The highest BCUT2D eigenvalue weighted by atomic mass is 16.2. The highest BCUT2D eigenvalue weighted by Crippen LogP contribution is 2.27. The summed E-state index contributed by atoms with van der Waals surface area (Å²) in [4.78, 5) is 20.1. The van der Waals surface area contributed by atoms with Crippen molar-refractivity contribution in [2.45, 2.75) is 25.3 Å². The molecule has 1 amide bonds. The van der Waals surface area contributed by atoms with Gasteiger partial charge < -0.3 is 10.6 Å². The number of nitrogens with two attached hydrogens (primary N) is 1. The summed E-state index contributed by atoms with van der Waals surface area (Å²) >= 11 is 0. The summed E-state index contributed by atoms with van der Waals surface area (Å²) in [5.74, 6) is 0.0657. The van der Waals surface area contributed by atoms with Crippen molar-refractivity contribution < 1.29 is 4.79 Å². The number of piperidine rings is 1. The fraction of sp³-hybridized carbons (Fsp3) is 0.273. The standard InChI is InChI=1S/C22H23N3O/c23-15-17-10-6-7-13-25(17)22(26)19-14-21(16-8-2-1-3-9-16)24-20-12-5-4-11-18(19)20/h1-5,8-9,11-12,14,17H,6-7,10,13,15,23H2. The topological polar surface area (TPSA) is 59.2 Å². The lowest BCUT2D eigenvalue weighted by atomic mass is 9.98. The molecular weight excluding hydrogens is 322 g/mol. The summed E-state index contributed by atoms with van der Waals surface area (Å²) in [7, 11) is 0. The van der Waals surface area contributed by atoms with Crippen LogP contribution in [0.5, 0.6) is 0 Å². The molecular formula is C22H23N3O. The molecule has 4 heteroatoms. The van der Waals surface area contributed by atoms with Gasteiger partial charge in [0.1, 0.15) is 0 Å². The first-order chi connectivity index (χ1) is 12.8. The van der Waals surface area contributed by atoms with Crippen LogP contribution in [0.3, 0.4) is 0 Å². The minimum atomic E-state index is 0.0657. The Labute approximate surface area is 153 Å². The van der Waals surface area contributed by atoms with Gasteiger partial charge >= 0.3 is 0 Å². The number of pyridine rings is 1. The van der Waals surface area contributed by atoms with Gasteiger partial charge in [-0.25, -0.2) is 4.98 Å². The lowest BCUT2D eigenvalue weighted by Gasteiger charge is -2.35. The highest BCUT2D eigenvalue weighted by molar-refractivity contribution is 6.07. The van der Waals surface area contributed by atoms with E-state index in [4.69, 9.17) is 10.7 Å². The summed E-state index contributed by atoms with van der Waals surface area (Å²) in [6.45, 7) is 1.29. The number of hydrogen-bond donors (Lipinski definition) is 1. The quantitative estimate of drug-likeness (QED) is 0.784. The van der Waals surface area contributed by atoms with Crippen molar-refractivity contribution in [1.29, 1.82) is 0 Å². The monoisotopic (exact) mass is 345 g/mol. The van der Waals surface area contributed by atoms with Gasteiger partial charge in [-0.15, -0.1) is 0 Å². The molecule has 3 aromatic rings. The normalized spacial score (nSPS) is 17.4. The maximum absolute atomic E-state index is 13.4. The van der Waals surface area contributed by atoms with Gasteiger partial charge in [-0.3, -0.25) is 4.79 Å². The van der Waals surface area contributed by atoms with E-state index in [9.17, 15) is 4.79 Å². The number of hydrogen-bond acceptors (Lipinski definition) is 3. The van der Waals surface area contributed by atoms with Crippen molar-refractivity contribution in [2.24, 2.45) is 5.73 Å². The molecule has 0 saturated carbocycles. The molecule has 1 fully saturated rings. The summed E-state index contributed by atoms with van der Waals surface area (Å²) in [5, 5.41) is 0.901. The Morgan fingerprint density at radius 1 is 1.08 bits per heavy atom. The van der Waals surface area contributed by atoms with Crippen molar-refractivity contribution in [3.63, 3.8) is 0 Å². The molecule has 2 N–H and O–H groups in total. The van der Waals surface area contributed by atoms with Crippen LogP contribution in [0.15, 0.2) is 60.7 Å². The Balaban J connectivity index is 1.84. The molecule has 1 aliphatic rings. The number of fused-ring (bicyclic) bond motifs is 1. The molecule has 4 nitrogen and oxygen atoms in total. The van der Waals surface area contributed by atoms with E-state index in [0.29, 0.717) is 6.54 Å². The molecule has 1 unspecified atom stereocenters. The molecule has 0 bridgehead atoms. The lowest BCUT2D eigenvalue weighted by molar-refractivity contribution is 0.0625. The fourth-order valence-corrected chi connectivity index (χ4v) is 3.78. The third-order valence-electron chi connectivity index (χ3n) is 5.18. The molecule has 1 atom stereocenters. The number of para-hydroxylation sites is 1. The van der Waals surface area contributed by atoms with E-state index in [-0.39, 0.29) is 11.9 Å². The summed E-state index contributed by atoms with van der Waals surface area (Å²) < 4.78 is 0. The van der Waals surface area contributed by atoms with Gasteiger partial charge in [0.2, 0.25) is 0 Å². The number of likely N-dealkylation sites (tertiary alicyclic amines) is 1. The average molecular weight is 345 g/mol. The maximum Gasteiger partial charge on any atom is 0.254 e. The van der Waals surface area contributed by atoms with E-state index < -0.39 is 0 Å². The fourth-order valence-electron chi connectivity index (χ4n) is 3.78. The maximum atomic E-state index is 13.4. The second-order valence-electron chi connectivity index (χ2n) is 6.82. The van der Waals surface area contributed by atoms with E-state index in [2.05, 4.69) is 0 Å². The third kappa shape index (κ3) is 3.08. The van der Waals surface area contributed by atoms with Crippen LogP contribution < -0.4 is 5.73 Å². The Bertz CT molecular complexity index is 923. The van der Waals surface area contributed by atoms with Crippen LogP contribution in [0.4, 0.5) is 0 Å². The van der Waals surface area contributed by atoms with Crippen LogP contribution in [0.25, 0.3) is 22.2 Å². The van der Waals surface area contributed by atoms with Crippen molar-refractivity contribution in [2.75, 3.05) is 13.1 Å². The first-order valence-electron chi connectivity index (χ1n) is 9.24. The van der Waals surface area contributed by atoms with Gasteiger partial charge in [0, 0.05) is 30.1 Å². The van der Waals surface area contributed by atoms with Crippen molar-refractivity contribution >= 4 is 16.8 Å². The Morgan fingerprint density at radius 3 is 2.65 bits per heavy atom. The number of nitrogens with zero attached hydrogens (tertiary/aromatic N) is 2. The third-order valence-corrected chi connectivity index (χ3v) is 5.18. The van der Waals surface area contributed by atoms with Crippen molar-refractivity contribution in [3.8, 4) is 11.3 Å². The smallest absolute Gasteiger partial charge is 0.254 e. The largest absolute Gasteiger partial charge is 0.334 e. The molecule has 26 heavy (non-hydrogen) atoms. The Morgan fingerprint density at radius 2 is 1.85 bits per heavy atom. The molecule has 0 aliphatic carbocycles. The van der Waals surface area contributed by atoms with Gasteiger partial charge in [0.25, 0.3) is 5.91 Å². The first kappa shape index (κ1) is 16.7. The van der Waals surface area contributed by atoms with Gasteiger partial charge in [0.05, 0.1) is 16.8 Å². The molecule has 1 saturated heterocycles. The second kappa shape index (κ2) is 7.26. The van der Waals surface area contributed by atoms with Crippen LogP contribution in [-0.4, -0.2) is 34.9 Å². The van der Waals surface area contributed by atoms with E-state index in [1.165, 1.54) is 0 Å². The lowest BCUT2D eigenvalue weighted by Crippen LogP contribution is -2.47. The molecule has 0 spiro atoms. The number of rotatable bonds is 3. The minimum absolute atomic E-state index is 0.0657. The molecule has 0 radical (unpaired) electrons. The van der Waals surface area contributed by atoms with Crippen LogP contribution in [0.2, 0.25) is 0 Å². The van der Waals surface area contributed by atoms with Crippen LogP contribution in [-0.2, 0) is 0 Å². The van der Waals surface area contributed by atoms with Crippen LogP contribution in [0.1, 0.15) is 29.6 Å². The molecule has 1 aromatic heterocycles. The van der Waals surface area contributed by atoms with Gasteiger partial charge in [-0.1, -0.05) is 48.5 Å². The predicted molar refractivity (Wildman–Crippen MR) is 105 cm³/mol. The zero-order chi connectivity index (χ0) is 17.9. The molecule has 132 valence electrons. The number of aromatic nitrogens is 1. The average Bonchev–Trinajstić information content (AvgIpc) is 2.73. The summed E-state index contributed by atoms with van der Waals surface area (Å²) in [5.41, 5.74) is 9.34. The van der Waals surface area contributed by atoms with Gasteiger partial charge in [0.15, 0.2) is 0 Å². The molecule has 2 aromatic carbocycles. The number of carbonyl (C=O) groups excluding carboxylic acids is 1. The zero-order valence-corrected chi connectivity index (χ0v) is 14.8. The number of benzene rings is 2. The van der Waals surface area contributed by atoms with E-state index in [1.807, 2.05) is 65.6 Å². The predicted octanol–water partition coefficient (Wildman–Crippen LogP) is 3.86. The first-order valence-corrected chi connectivity index (χ1v) is 9.24. The van der Waals surface area contributed by atoms with E-state index >= 15 is 0 Å². The van der Waals surface area contributed by atoms with E-state index in [0.717, 1.165) is 53.5 Å². The Kier molecular flexibility index (Phi) is 4.67. The SMILES string of the molecule is NCC1CCCCN1C(=O)c1cc(-c2ccccc2)nc2ccccc12. The second-order valence-corrected chi connectivity index (χ2v) is 6.82. The zero-order valence-electron chi connectivity index (χ0n) is 14.8. The Hall–Kier alpha value is -2.72. The highest BCUT2D eigenvalue weighted by Gasteiger charge is 2.28. The number of carbonyl (C=O) groups is 1. The van der Waals surface area contributed by atoms with Crippen LogP contribution >= 0.6 is 0 Å². The van der Waals surface area contributed by atoms with Crippen molar-refractivity contribution in [3.05, 3.63) is 66.2 Å². The number of amides is 1. The van der Waals surface area contributed by atoms with Crippen LogP contribution in [0, 0.1) is 0 Å². The molecule has 2 heterocycles. The van der Waals surface area contributed by atoms with E-state index in [1.54, 1.807) is 0 Å².